The fourth-order valence-corrected chi connectivity index (χ4v) is 4.02. The molecule has 1 fully saturated rings. The van der Waals surface area contributed by atoms with Gasteiger partial charge in [0.25, 0.3) is 0 Å². The molecule has 2 unspecified atom stereocenters. The fourth-order valence-electron chi connectivity index (χ4n) is 2.77. The summed E-state index contributed by atoms with van der Waals surface area (Å²) < 4.78 is 27.1. The van der Waals surface area contributed by atoms with Crippen molar-refractivity contribution in [1.82, 2.24) is 14.7 Å². The summed E-state index contributed by atoms with van der Waals surface area (Å²) in [6.45, 7) is 4.31. The molecule has 0 radical (unpaired) electrons. The van der Waals surface area contributed by atoms with Gasteiger partial charge in [-0.05, 0) is 42.7 Å². The van der Waals surface area contributed by atoms with Crippen LogP contribution in [0.15, 0.2) is 17.3 Å². The van der Waals surface area contributed by atoms with Gasteiger partial charge in [-0.2, -0.15) is 0 Å². The smallest absolute Gasteiger partial charge is 0.225 e. The molecule has 0 amide bonds. The summed E-state index contributed by atoms with van der Waals surface area (Å²) in [5, 5.41) is 0.0406. The van der Waals surface area contributed by atoms with Gasteiger partial charge in [-0.1, -0.05) is 13.8 Å². The van der Waals surface area contributed by atoms with Crippen molar-refractivity contribution >= 4 is 21.6 Å². The summed E-state index contributed by atoms with van der Waals surface area (Å²) in [4.78, 5) is 7.47. The summed E-state index contributed by atoms with van der Waals surface area (Å²) in [6, 6.07) is -0.0144. The van der Waals surface area contributed by atoms with Gasteiger partial charge in [0, 0.05) is 6.04 Å². The number of halogens is 1. The van der Waals surface area contributed by atoms with E-state index < -0.39 is 10.0 Å². The highest BCUT2D eigenvalue weighted by atomic mass is 35.5. The number of aromatic nitrogens is 2. The van der Waals surface area contributed by atoms with E-state index >= 15 is 0 Å². The largest absolute Gasteiger partial charge is 0.243 e. The van der Waals surface area contributed by atoms with Crippen molar-refractivity contribution in [3.05, 3.63) is 17.7 Å². The minimum atomic E-state index is -3.56. The van der Waals surface area contributed by atoms with E-state index in [1.807, 2.05) is 0 Å². The third-order valence-corrected chi connectivity index (χ3v) is 5.08. The second kappa shape index (κ2) is 5.73. The first-order valence-electron chi connectivity index (χ1n) is 6.36. The zero-order valence-corrected chi connectivity index (χ0v) is 12.6. The topological polar surface area (TPSA) is 72.0 Å². The first-order valence-corrected chi connectivity index (χ1v) is 8.23. The maximum Gasteiger partial charge on any atom is 0.243 e. The monoisotopic (exact) mass is 303 g/mol. The average molecular weight is 304 g/mol. The first-order chi connectivity index (χ1) is 8.87. The van der Waals surface area contributed by atoms with E-state index in [1.165, 1.54) is 12.4 Å². The summed E-state index contributed by atoms with van der Waals surface area (Å²) in [6.07, 6.45) is 5.36. The van der Waals surface area contributed by atoms with Crippen molar-refractivity contribution in [2.24, 2.45) is 11.8 Å². The second-order valence-electron chi connectivity index (χ2n) is 5.42. The molecule has 0 saturated heterocycles. The summed E-state index contributed by atoms with van der Waals surface area (Å²) in [5.41, 5.74) is 0. The van der Waals surface area contributed by atoms with Crippen LogP contribution in [0.5, 0.6) is 0 Å². The predicted octanol–water partition coefficient (Wildman–Crippen LogP) is 2.23. The summed E-state index contributed by atoms with van der Waals surface area (Å²) >= 11 is 5.55. The predicted molar refractivity (Wildman–Crippen MR) is 73.3 cm³/mol. The van der Waals surface area contributed by atoms with Crippen molar-refractivity contribution in [3.8, 4) is 0 Å². The lowest BCUT2D eigenvalue weighted by molar-refractivity contribution is 0.257. The van der Waals surface area contributed by atoms with Crippen LogP contribution in [0.25, 0.3) is 0 Å². The Morgan fingerprint density at radius 1 is 1.16 bits per heavy atom. The Bertz CT molecular complexity index is 522. The second-order valence-corrected chi connectivity index (χ2v) is 7.48. The van der Waals surface area contributed by atoms with Gasteiger partial charge in [-0.15, -0.1) is 0 Å². The standard InChI is InChI=1S/C12H18ClN3O2S/c1-8-3-9(2)5-10(4-8)16-19(17,18)11-6-14-12(13)15-7-11/h6-10,16H,3-5H2,1-2H3. The van der Waals surface area contributed by atoms with E-state index in [1.54, 1.807) is 0 Å². The zero-order chi connectivity index (χ0) is 14.0. The van der Waals surface area contributed by atoms with E-state index in [-0.39, 0.29) is 16.2 Å². The minimum absolute atomic E-state index is 0.0144. The van der Waals surface area contributed by atoms with Crippen molar-refractivity contribution in [2.45, 2.75) is 44.0 Å². The molecule has 1 saturated carbocycles. The van der Waals surface area contributed by atoms with Crippen LogP contribution in [0.2, 0.25) is 5.28 Å². The van der Waals surface area contributed by atoms with E-state index in [0.29, 0.717) is 11.8 Å². The zero-order valence-electron chi connectivity index (χ0n) is 11.0. The number of rotatable bonds is 3. The minimum Gasteiger partial charge on any atom is -0.225 e. The first kappa shape index (κ1) is 14.7. The molecule has 1 aliphatic carbocycles. The lowest BCUT2D eigenvalue weighted by atomic mass is 9.81. The number of sulfonamides is 1. The molecule has 1 aromatic rings. The van der Waals surface area contributed by atoms with Gasteiger partial charge in [-0.3, -0.25) is 0 Å². The van der Waals surface area contributed by atoms with E-state index in [2.05, 4.69) is 28.5 Å². The van der Waals surface area contributed by atoms with Crippen molar-refractivity contribution < 1.29 is 8.42 Å². The molecule has 19 heavy (non-hydrogen) atoms. The van der Waals surface area contributed by atoms with Gasteiger partial charge in [0.15, 0.2) is 0 Å². The molecule has 0 bridgehead atoms. The van der Waals surface area contributed by atoms with Gasteiger partial charge in [0.1, 0.15) is 4.90 Å². The van der Waals surface area contributed by atoms with Gasteiger partial charge in [0.2, 0.25) is 15.3 Å². The Kier molecular flexibility index (Phi) is 4.43. The normalized spacial score (nSPS) is 28.3. The quantitative estimate of drug-likeness (QED) is 0.869. The Labute approximate surface area is 118 Å². The van der Waals surface area contributed by atoms with Crippen LogP contribution in [-0.4, -0.2) is 24.4 Å². The van der Waals surface area contributed by atoms with Crippen molar-refractivity contribution in [2.75, 3.05) is 0 Å². The molecule has 0 spiro atoms. The van der Waals surface area contributed by atoms with Gasteiger partial charge >= 0.3 is 0 Å². The number of nitrogens with one attached hydrogen (secondary N) is 1. The van der Waals surface area contributed by atoms with Gasteiger partial charge in [-0.25, -0.2) is 23.1 Å². The molecule has 2 atom stereocenters. The van der Waals surface area contributed by atoms with Crippen LogP contribution < -0.4 is 4.72 Å². The van der Waals surface area contributed by atoms with Crippen LogP contribution in [-0.2, 0) is 10.0 Å². The Morgan fingerprint density at radius 2 is 1.68 bits per heavy atom. The van der Waals surface area contributed by atoms with Crippen LogP contribution in [0, 0.1) is 11.8 Å². The highest BCUT2D eigenvalue weighted by Gasteiger charge is 2.28. The maximum atomic E-state index is 12.2. The van der Waals surface area contributed by atoms with Gasteiger partial charge in [0.05, 0.1) is 12.4 Å². The van der Waals surface area contributed by atoms with Crippen LogP contribution in [0.4, 0.5) is 0 Å². The van der Waals surface area contributed by atoms with E-state index in [9.17, 15) is 8.42 Å². The maximum absolute atomic E-state index is 12.2. The highest BCUT2D eigenvalue weighted by molar-refractivity contribution is 7.89. The molecule has 5 nitrogen and oxygen atoms in total. The SMILES string of the molecule is CC1CC(C)CC(NS(=O)(=O)c2cnc(Cl)nc2)C1. The summed E-state index contributed by atoms with van der Waals surface area (Å²) in [7, 11) is -3.56. The van der Waals surface area contributed by atoms with E-state index in [0.717, 1.165) is 19.3 Å². The Morgan fingerprint density at radius 3 is 2.21 bits per heavy atom. The molecule has 1 aromatic heterocycles. The van der Waals surface area contributed by atoms with Crippen molar-refractivity contribution in [3.63, 3.8) is 0 Å². The number of hydrogen-bond donors (Lipinski definition) is 1. The van der Waals surface area contributed by atoms with Crippen LogP contribution >= 0.6 is 11.6 Å². The number of nitrogens with zero attached hydrogens (tertiary/aromatic N) is 2. The molecule has 1 heterocycles. The average Bonchev–Trinajstić information content (AvgIpc) is 2.27. The summed E-state index contributed by atoms with van der Waals surface area (Å²) in [5.74, 6) is 1.08. The van der Waals surface area contributed by atoms with Gasteiger partial charge < -0.3 is 0 Å². The van der Waals surface area contributed by atoms with Crippen LogP contribution in [0.1, 0.15) is 33.1 Å². The van der Waals surface area contributed by atoms with Crippen molar-refractivity contribution in [1.29, 1.82) is 0 Å². The Hall–Kier alpha value is -0.720. The molecule has 2 rings (SSSR count). The molecular formula is C12H18ClN3O2S. The third-order valence-electron chi connectivity index (χ3n) is 3.41. The molecule has 1 N–H and O–H groups in total. The molecular weight excluding hydrogens is 286 g/mol. The van der Waals surface area contributed by atoms with Crippen LogP contribution in [0.3, 0.4) is 0 Å². The lowest BCUT2D eigenvalue weighted by Crippen LogP contribution is -2.40. The fraction of sp³-hybridized carbons (Fsp3) is 0.667. The lowest BCUT2D eigenvalue weighted by Gasteiger charge is -2.31. The number of hydrogen-bond acceptors (Lipinski definition) is 4. The Balaban J connectivity index is 2.10. The molecule has 1 aliphatic rings. The molecule has 106 valence electrons. The molecule has 0 aromatic carbocycles. The third kappa shape index (κ3) is 3.87. The van der Waals surface area contributed by atoms with E-state index in [4.69, 9.17) is 11.6 Å². The molecule has 7 heteroatoms. The molecule has 0 aliphatic heterocycles. The highest BCUT2D eigenvalue weighted by Crippen LogP contribution is 2.29.